The summed E-state index contributed by atoms with van der Waals surface area (Å²) in [5, 5.41) is 3.62. The third kappa shape index (κ3) is 5.08. The minimum Gasteiger partial charge on any atom is -0.459 e. The van der Waals surface area contributed by atoms with Gasteiger partial charge in [-0.25, -0.2) is 4.79 Å². The van der Waals surface area contributed by atoms with Crippen LogP contribution in [-0.4, -0.2) is 54.2 Å². The number of rotatable bonds is 9. The van der Waals surface area contributed by atoms with Crippen molar-refractivity contribution in [3.05, 3.63) is 31.3 Å². The number of hydrogen-bond acceptors (Lipinski definition) is 8. The number of fused-ring (bicyclic) bond motifs is 1. The maximum Gasteiger partial charge on any atom is 0.332 e. The largest absolute Gasteiger partial charge is 0.459 e. The van der Waals surface area contributed by atoms with Gasteiger partial charge in [-0.2, -0.15) is 0 Å². The van der Waals surface area contributed by atoms with E-state index in [2.05, 4.69) is 5.32 Å². The van der Waals surface area contributed by atoms with Gasteiger partial charge in [0.25, 0.3) is 5.56 Å². The minimum absolute atomic E-state index is 0.0588. The smallest absolute Gasteiger partial charge is 0.332 e. The fraction of sp³-hybridized carbons (Fsp3) is 0.667. The number of esters is 1. The van der Waals surface area contributed by atoms with E-state index in [9.17, 15) is 14.4 Å². The lowest BCUT2D eigenvalue weighted by Crippen LogP contribution is -2.40. The van der Waals surface area contributed by atoms with Crippen LogP contribution >= 0.6 is 11.3 Å². The number of thiophene rings is 1. The van der Waals surface area contributed by atoms with Crippen molar-refractivity contribution in [2.45, 2.75) is 65.0 Å². The zero-order valence-electron chi connectivity index (χ0n) is 18.9. The van der Waals surface area contributed by atoms with Crippen LogP contribution in [0.3, 0.4) is 0 Å². The van der Waals surface area contributed by atoms with Crippen molar-refractivity contribution < 1.29 is 19.0 Å². The molecule has 1 aliphatic rings. The van der Waals surface area contributed by atoms with Crippen molar-refractivity contribution in [3.63, 3.8) is 0 Å². The standard InChI is InChI=1S/C21H31N3O6S/c1-12-15(10-22-11-16(25)30-21(2,3)4)31-19-17(12)18(26)24(13-9-14(13)29-6)20(27)23(19)7-8-28-5/h13-14,22H,7-11H2,1-6H3. The highest BCUT2D eigenvalue weighted by molar-refractivity contribution is 7.18. The van der Waals surface area contributed by atoms with Crippen LogP contribution < -0.4 is 16.6 Å². The minimum atomic E-state index is -0.544. The topological polar surface area (TPSA) is 101 Å². The molecule has 2 unspecified atom stereocenters. The lowest BCUT2D eigenvalue weighted by molar-refractivity contribution is -0.153. The summed E-state index contributed by atoms with van der Waals surface area (Å²) in [6.45, 7) is 8.49. The number of nitrogens with zero attached hydrogens (tertiary/aromatic N) is 2. The van der Waals surface area contributed by atoms with Gasteiger partial charge < -0.3 is 19.5 Å². The molecule has 0 radical (unpaired) electrons. The van der Waals surface area contributed by atoms with Gasteiger partial charge >= 0.3 is 11.7 Å². The van der Waals surface area contributed by atoms with Crippen molar-refractivity contribution in [2.75, 3.05) is 27.4 Å². The van der Waals surface area contributed by atoms with Crippen LogP contribution in [0.5, 0.6) is 0 Å². The Morgan fingerprint density at radius 1 is 1.26 bits per heavy atom. The molecule has 0 aromatic carbocycles. The van der Waals surface area contributed by atoms with E-state index in [0.717, 1.165) is 10.4 Å². The number of aromatic nitrogens is 2. The van der Waals surface area contributed by atoms with Crippen molar-refractivity contribution in [1.82, 2.24) is 14.5 Å². The Morgan fingerprint density at radius 2 is 1.97 bits per heavy atom. The Bertz CT molecular complexity index is 1080. The summed E-state index contributed by atoms with van der Waals surface area (Å²) in [5.41, 5.74) is -0.354. The van der Waals surface area contributed by atoms with Crippen LogP contribution in [0.1, 0.15) is 43.7 Å². The quantitative estimate of drug-likeness (QED) is 0.575. The van der Waals surface area contributed by atoms with E-state index in [1.165, 1.54) is 15.9 Å². The zero-order chi connectivity index (χ0) is 22.9. The molecule has 2 heterocycles. The summed E-state index contributed by atoms with van der Waals surface area (Å²) < 4.78 is 18.8. The molecule has 1 aliphatic carbocycles. The molecule has 0 saturated heterocycles. The van der Waals surface area contributed by atoms with E-state index >= 15 is 0 Å². The molecule has 0 amide bonds. The van der Waals surface area contributed by atoms with Crippen molar-refractivity contribution in [2.24, 2.45) is 0 Å². The van der Waals surface area contributed by atoms with Gasteiger partial charge in [-0.05, 0) is 39.7 Å². The predicted octanol–water partition coefficient (Wildman–Crippen LogP) is 1.57. The predicted molar refractivity (Wildman–Crippen MR) is 119 cm³/mol. The second-order valence-corrected chi connectivity index (χ2v) is 9.78. The van der Waals surface area contributed by atoms with E-state index in [-0.39, 0.29) is 35.9 Å². The lowest BCUT2D eigenvalue weighted by Gasteiger charge is -2.19. The molecular formula is C21H31N3O6S. The summed E-state index contributed by atoms with van der Waals surface area (Å²) in [5.74, 6) is -0.343. The fourth-order valence-corrected chi connectivity index (χ4v) is 4.88. The van der Waals surface area contributed by atoms with Crippen LogP contribution in [0.15, 0.2) is 9.59 Å². The highest BCUT2D eigenvalue weighted by atomic mass is 32.1. The van der Waals surface area contributed by atoms with Crippen molar-refractivity contribution in [3.8, 4) is 0 Å². The first-order valence-corrected chi connectivity index (χ1v) is 11.1. The van der Waals surface area contributed by atoms with Crippen molar-refractivity contribution >= 4 is 27.5 Å². The molecule has 172 valence electrons. The number of methoxy groups -OCH3 is 2. The molecule has 1 saturated carbocycles. The number of aryl methyl sites for hydroxylation is 1. The molecule has 1 fully saturated rings. The Hall–Kier alpha value is -2.01. The number of ether oxygens (including phenoxy) is 3. The molecular weight excluding hydrogens is 422 g/mol. The first-order chi connectivity index (χ1) is 14.6. The third-order valence-corrected chi connectivity index (χ3v) is 6.48. The van der Waals surface area contributed by atoms with E-state index in [4.69, 9.17) is 14.2 Å². The van der Waals surface area contributed by atoms with Gasteiger partial charge in [-0.15, -0.1) is 11.3 Å². The number of carbonyl (C=O) groups excluding carboxylic acids is 1. The number of hydrogen-bond donors (Lipinski definition) is 1. The molecule has 9 nitrogen and oxygen atoms in total. The van der Waals surface area contributed by atoms with E-state index < -0.39 is 5.60 Å². The van der Waals surface area contributed by atoms with Crippen LogP contribution in [0.2, 0.25) is 0 Å². The number of nitrogens with one attached hydrogen (secondary N) is 1. The van der Waals surface area contributed by atoms with Gasteiger partial charge in [0, 0.05) is 25.6 Å². The molecule has 2 aromatic rings. The first-order valence-electron chi connectivity index (χ1n) is 10.3. The van der Waals surface area contributed by atoms with E-state index in [1.807, 2.05) is 27.7 Å². The van der Waals surface area contributed by atoms with Gasteiger partial charge in [-0.1, -0.05) is 0 Å². The molecule has 0 bridgehead atoms. The second-order valence-electron chi connectivity index (χ2n) is 8.70. The van der Waals surface area contributed by atoms with Gasteiger partial charge in [0.1, 0.15) is 10.4 Å². The van der Waals surface area contributed by atoms with Gasteiger partial charge in [0.2, 0.25) is 0 Å². The molecule has 0 aliphatic heterocycles. The SMILES string of the molecule is COCCn1c(=O)n(C2CC2OC)c(=O)c2c(C)c(CNCC(=O)OC(C)(C)C)sc21. The second kappa shape index (κ2) is 9.23. The summed E-state index contributed by atoms with van der Waals surface area (Å²) in [7, 11) is 3.16. The van der Waals surface area contributed by atoms with Crippen molar-refractivity contribution in [1.29, 1.82) is 0 Å². The summed E-state index contributed by atoms with van der Waals surface area (Å²) >= 11 is 1.39. The Balaban J connectivity index is 1.94. The average molecular weight is 454 g/mol. The molecule has 31 heavy (non-hydrogen) atoms. The molecule has 10 heteroatoms. The van der Waals surface area contributed by atoms with E-state index in [0.29, 0.717) is 36.3 Å². The maximum atomic E-state index is 13.3. The molecule has 2 aromatic heterocycles. The highest BCUT2D eigenvalue weighted by Crippen LogP contribution is 2.37. The maximum absolute atomic E-state index is 13.3. The van der Waals surface area contributed by atoms with Gasteiger partial charge in [0.15, 0.2) is 0 Å². The van der Waals surface area contributed by atoms with Crippen LogP contribution in [0.25, 0.3) is 10.2 Å². The molecule has 1 N–H and O–H groups in total. The monoisotopic (exact) mass is 453 g/mol. The van der Waals surface area contributed by atoms with Gasteiger partial charge in [0.05, 0.1) is 37.2 Å². The third-order valence-electron chi connectivity index (χ3n) is 5.17. The van der Waals surface area contributed by atoms with Crippen LogP contribution in [0.4, 0.5) is 0 Å². The van der Waals surface area contributed by atoms with Gasteiger partial charge in [-0.3, -0.25) is 18.7 Å². The highest BCUT2D eigenvalue weighted by Gasteiger charge is 2.42. The number of carbonyl (C=O) groups is 1. The normalized spacial score (nSPS) is 18.5. The molecule has 2 atom stereocenters. The Kier molecular flexibility index (Phi) is 7.04. The van der Waals surface area contributed by atoms with Crippen LogP contribution in [0, 0.1) is 6.92 Å². The molecule has 3 rings (SSSR count). The lowest BCUT2D eigenvalue weighted by atomic mass is 10.2. The summed E-state index contributed by atoms with van der Waals surface area (Å²) in [6.07, 6.45) is 0.530. The fourth-order valence-electron chi connectivity index (χ4n) is 3.59. The van der Waals surface area contributed by atoms with E-state index in [1.54, 1.807) is 18.8 Å². The Morgan fingerprint density at radius 3 is 2.55 bits per heavy atom. The molecule has 0 spiro atoms. The summed E-state index contributed by atoms with van der Waals surface area (Å²) in [4.78, 5) is 39.9. The average Bonchev–Trinajstić information content (AvgIpc) is 3.37. The van der Waals surface area contributed by atoms with Crippen LogP contribution in [-0.2, 0) is 32.1 Å². The first kappa shape index (κ1) is 23.6. The summed E-state index contributed by atoms with van der Waals surface area (Å²) in [6, 6.07) is -0.240. The zero-order valence-corrected chi connectivity index (χ0v) is 19.8. The Labute approximate surface area is 184 Å².